The highest BCUT2D eigenvalue weighted by Gasteiger charge is 2.29. The molecular weight excluding hydrogens is 592 g/mol. The minimum atomic E-state index is -0.773. The number of carbonyl (C=O) groups is 4. The summed E-state index contributed by atoms with van der Waals surface area (Å²) >= 11 is 0. The molecule has 1 unspecified atom stereocenters. The van der Waals surface area contributed by atoms with Crippen molar-refractivity contribution in [2.75, 3.05) is 26.4 Å². The predicted molar refractivity (Wildman–Crippen MR) is 172 cm³/mol. The Bertz CT molecular complexity index is 1160. The molecule has 0 spiro atoms. The number of amides is 2. The lowest BCUT2D eigenvalue weighted by Gasteiger charge is -2.34. The zero-order chi connectivity index (χ0) is 33.3. The average molecular weight is 643 g/mol. The second-order valence-corrected chi connectivity index (χ2v) is 12.4. The Hall–Kier alpha value is -4.02. The summed E-state index contributed by atoms with van der Waals surface area (Å²) in [6.45, 7) is 10.5. The number of esters is 2. The molecule has 11 nitrogen and oxygen atoms in total. The molecule has 2 fully saturated rings. The third-order valence-corrected chi connectivity index (χ3v) is 8.31. The third kappa shape index (κ3) is 14.0. The maximum absolute atomic E-state index is 12.7. The lowest BCUT2D eigenvalue weighted by atomic mass is 9.76. The van der Waals surface area contributed by atoms with Crippen LogP contribution in [0.25, 0.3) is 0 Å². The zero-order valence-electron chi connectivity index (χ0n) is 27.3. The number of hydrogen-bond acceptors (Lipinski definition) is 9. The molecule has 1 aromatic carbocycles. The molecule has 3 rings (SSSR count). The summed E-state index contributed by atoms with van der Waals surface area (Å²) in [5, 5.41) is 5.95. The standard InChI is InChI=1S/C35H50N2O9/c1-24(2)32(38)42-19-8-20-43-34(40)36-28-15-11-26(12-16-28)21-27-13-17-29(18-14-27)37-35(41)46-31(23-45-33(39)25(3)4)22-44-30-9-6-5-7-10-30/h5-7,9-10,26-29,31H,1,3,8,11-23H2,2,4H3,(H,36,40)(H,37,41). The van der Waals surface area contributed by atoms with Crippen LogP contribution < -0.4 is 15.4 Å². The van der Waals surface area contributed by atoms with Gasteiger partial charge in [0.15, 0.2) is 6.10 Å². The fourth-order valence-electron chi connectivity index (χ4n) is 5.74. The third-order valence-electron chi connectivity index (χ3n) is 8.31. The summed E-state index contributed by atoms with van der Waals surface area (Å²) < 4.78 is 26.8. The average Bonchev–Trinajstić information content (AvgIpc) is 3.04. The van der Waals surface area contributed by atoms with Crippen molar-refractivity contribution in [1.29, 1.82) is 0 Å². The first-order chi connectivity index (χ1) is 22.1. The first-order valence-corrected chi connectivity index (χ1v) is 16.3. The maximum atomic E-state index is 12.7. The lowest BCUT2D eigenvalue weighted by Crippen LogP contribution is -2.42. The van der Waals surface area contributed by atoms with Gasteiger partial charge >= 0.3 is 24.1 Å². The molecule has 0 radical (unpaired) electrons. The molecule has 0 aromatic heterocycles. The minimum absolute atomic E-state index is 0.0292. The monoisotopic (exact) mass is 642 g/mol. The van der Waals surface area contributed by atoms with E-state index in [-0.39, 0.29) is 44.1 Å². The van der Waals surface area contributed by atoms with Gasteiger partial charge in [-0.3, -0.25) is 0 Å². The molecule has 0 aliphatic heterocycles. The number of rotatable bonds is 16. The molecule has 46 heavy (non-hydrogen) atoms. The number of hydrogen-bond donors (Lipinski definition) is 2. The van der Waals surface area contributed by atoms with Crippen LogP contribution in [0.1, 0.15) is 78.1 Å². The molecule has 2 N–H and O–H groups in total. The number of para-hydroxylation sites is 1. The Kier molecular flexibility index (Phi) is 15.4. The quantitative estimate of drug-likeness (QED) is 0.0959. The SMILES string of the molecule is C=C(C)C(=O)OCCCOC(=O)NC1CCC(CC2CCC(NC(=O)OC(COC(=O)C(=C)C)COc3ccccc3)CC2)CC1. The molecule has 0 bridgehead atoms. The van der Waals surface area contributed by atoms with Crippen molar-refractivity contribution in [3.05, 3.63) is 54.6 Å². The van der Waals surface area contributed by atoms with Crippen LogP contribution in [0.2, 0.25) is 0 Å². The molecule has 1 atom stereocenters. The van der Waals surface area contributed by atoms with Crippen LogP contribution in [-0.4, -0.2) is 68.7 Å². The van der Waals surface area contributed by atoms with E-state index in [0.717, 1.165) is 57.8 Å². The summed E-state index contributed by atoms with van der Waals surface area (Å²) in [5.41, 5.74) is 0.608. The molecule has 1 aromatic rings. The molecule has 2 amide bonds. The Morgan fingerprint density at radius 1 is 0.717 bits per heavy atom. The van der Waals surface area contributed by atoms with Crippen molar-refractivity contribution in [2.45, 2.75) is 96.2 Å². The van der Waals surface area contributed by atoms with Crippen LogP contribution in [0.3, 0.4) is 0 Å². The van der Waals surface area contributed by atoms with E-state index in [1.165, 1.54) is 0 Å². The van der Waals surface area contributed by atoms with Crippen molar-refractivity contribution < 1.29 is 42.9 Å². The molecule has 2 saturated carbocycles. The number of nitrogens with one attached hydrogen (secondary N) is 2. The number of benzene rings is 1. The van der Waals surface area contributed by atoms with E-state index in [2.05, 4.69) is 23.8 Å². The first-order valence-electron chi connectivity index (χ1n) is 16.3. The summed E-state index contributed by atoms with van der Waals surface area (Å²) in [5.74, 6) is 0.875. The van der Waals surface area contributed by atoms with Crippen LogP contribution in [-0.2, 0) is 28.5 Å². The highest BCUT2D eigenvalue weighted by atomic mass is 16.6. The van der Waals surface area contributed by atoms with Gasteiger partial charge in [0.2, 0.25) is 0 Å². The molecule has 2 aliphatic rings. The molecule has 0 heterocycles. The van der Waals surface area contributed by atoms with E-state index >= 15 is 0 Å². The van der Waals surface area contributed by atoms with E-state index < -0.39 is 30.2 Å². The van der Waals surface area contributed by atoms with Gasteiger partial charge in [0.25, 0.3) is 0 Å². The normalized spacial score (nSPS) is 21.5. The minimum Gasteiger partial charge on any atom is -0.490 e. The van der Waals surface area contributed by atoms with Gasteiger partial charge in [-0.05, 0) is 95.6 Å². The smallest absolute Gasteiger partial charge is 0.407 e. The summed E-state index contributed by atoms with van der Waals surface area (Å²) in [7, 11) is 0. The Morgan fingerprint density at radius 2 is 1.24 bits per heavy atom. The molecule has 11 heteroatoms. The van der Waals surface area contributed by atoms with E-state index in [1.54, 1.807) is 26.0 Å². The van der Waals surface area contributed by atoms with Crippen molar-refractivity contribution in [3.63, 3.8) is 0 Å². The lowest BCUT2D eigenvalue weighted by molar-refractivity contribution is -0.142. The van der Waals surface area contributed by atoms with Crippen molar-refractivity contribution in [1.82, 2.24) is 10.6 Å². The van der Waals surface area contributed by atoms with Crippen LogP contribution in [0.4, 0.5) is 9.59 Å². The van der Waals surface area contributed by atoms with Crippen molar-refractivity contribution in [3.8, 4) is 5.75 Å². The zero-order valence-corrected chi connectivity index (χ0v) is 27.3. The van der Waals surface area contributed by atoms with Gasteiger partial charge in [0.1, 0.15) is 19.0 Å². The topological polar surface area (TPSA) is 138 Å². The van der Waals surface area contributed by atoms with Crippen molar-refractivity contribution >= 4 is 24.1 Å². The number of alkyl carbamates (subject to hydrolysis) is 2. The van der Waals surface area contributed by atoms with Gasteiger partial charge in [0, 0.05) is 29.7 Å². The summed E-state index contributed by atoms with van der Waals surface area (Å²) in [6.07, 6.45) is 7.66. The van der Waals surface area contributed by atoms with Crippen molar-refractivity contribution in [2.24, 2.45) is 11.8 Å². The van der Waals surface area contributed by atoms with Gasteiger partial charge in [-0.2, -0.15) is 0 Å². The second kappa shape index (κ2) is 19.5. The van der Waals surface area contributed by atoms with Crippen LogP contribution in [0.15, 0.2) is 54.6 Å². The van der Waals surface area contributed by atoms with E-state index in [9.17, 15) is 19.2 Å². The van der Waals surface area contributed by atoms with Crippen LogP contribution >= 0.6 is 0 Å². The molecule has 254 valence electrons. The Labute approximate surface area is 272 Å². The largest absolute Gasteiger partial charge is 0.490 e. The van der Waals surface area contributed by atoms with Gasteiger partial charge in [-0.15, -0.1) is 0 Å². The van der Waals surface area contributed by atoms with E-state index in [1.807, 2.05) is 18.2 Å². The summed E-state index contributed by atoms with van der Waals surface area (Å²) in [4.78, 5) is 48.1. The van der Waals surface area contributed by atoms with E-state index in [4.69, 9.17) is 23.7 Å². The highest BCUT2D eigenvalue weighted by molar-refractivity contribution is 5.87. The van der Waals surface area contributed by atoms with Crippen LogP contribution in [0, 0.1) is 11.8 Å². The van der Waals surface area contributed by atoms with Gasteiger partial charge in [-0.1, -0.05) is 31.4 Å². The molecule has 0 saturated heterocycles. The van der Waals surface area contributed by atoms with Gasteiger partial charge in [-0.25, -0.2) is 19.2 Å². The second-order valence-electron chi connectivity index (χ2n) is 12.4. The fraction of sp³-hybridized carbons (Fsp3) is 0.600. The maximum Gasteiger partial charge on any atom is 0.407 e. The molecule has 2 aliphatic carbocycles. The van der Waals surface area contributed by atoms with E-state index in [0.29, 0.717) is 29.6 Å². The molecular formula is C35H50N2O9. The Morgan fingerprint density at radius 3 is 1.80 bits per heavy atom. The highest BCUT2D eigenvalue weighted by Crippen LogP contribution is 2.35. The predicted octanol–water partition coefficient (Wildman–Crippen LogP) is 6.02. The Balaban J connectivity index is 1.29. The summed E-state index contributed by atoms with van der Waals surface area (Å²) in [6, 6.07) is 9.30. The van der Waals surface area contributed by atoms with Gasteiger partial charge in [0.05, 0.1) is 13.2 Å². The number of ether oxygens (including phenoxy) is 5. The fourth-order valence-corrected chi connectivity index (χ4v) is 5.74. The van der Waals surface area contributed by atoms with Gasteiger partial charge < -0.3 is 34.3 Å². The number of carbonyl (C=O) groups excluding carboxylic acids is 4. The van der Waals surface area contributed by atoms with Crippen LogP contribution in [0.5, 0.6) is 5.75 Å². The first kappa shape index (κ1) is 36.4.